The molecular weight excluding hydrogens is 124 g/mol. The molecule has 1 aliphatic rings. The van der Waals surface area contributed by atoms with Gasteiger partial charge in [0.05, 0.1) is 0 Å². The van der Waals surface area contributed by atoms with E-state index in [1.54, 1.807) is 0 Å². The molecule has 0 aromatic carbocycles. The van der Waals surface area contributed by atoms with E-state index < -0.39 is 0 Å². The van der Waals surface area contributed by atoms with Crippen LogP contribution in [0.15, 0.2) is 18.3 Å². The number of nitrogens with zero attached hydrogens (tertiary/aromatic N) is 1. The molecule has 0 spiro atoms. The highest BCUT2D eigenvalue weighted by Crippen LogP contribution is 2.26. The summed E-state index contributed by atoms with van der Waals surface area (Å²) in [5.41, 5.74) is 8.23. The third-order valence-electron chi connectivity index (χ3n) is 2.02. The molecule has 0 saturated heterocycles. The molecule has 1 heterocycles. The minimum Gasteiger partial charge on any atom is -0.324 e. The van der Waals surface area contributed by atoms with Crippen molar-refractivity contribution in [2.45, 2.75) is 18.9 Å². The molecule has 0 fully saturated rings. The second-order valence-electron chi connectivity index (χ2n) is 2.68. The Hall–Kier alpha value is -0.890. The molecule has 0 amide bonds. The highest BCUT2D eigenvalue weighted by molar-refractivity contribution is 5.27. The third-order valence-corrected chi connectivity index (χ3v) is 2.02. The molecule has 1 atom stereocenters. The zero-order chi connectivity index (χ0) is 6.97. The summed E-state index contributed by atoms with van der Waals surface area (Å²) in [6.07, 6.45) is 3.94. The summed E-state index contributed by atoms with van der Waals surface area (Å²) in [5, 5.41) is 0. The van der Waals surface area contributed by atoms with Crippen LogP contribution >= 0.6 is 0 Å². The van der Waals surface area contributed by atoms with Gasteiger partial charge < -0.3 is 5.73 Å². The highest BCUT2D eigenvalue weighted by atomic mass is 14.7. The quantitative estimate of drug-likeness (QED) is 0.575. The van der Waals surface area contributed by atoms with Crippen molar-refractivity contribution in [3.8, 4) is 0 Å². The molecule has 0 aliphatic heterocycles. The van der Waals surface area contributed by atoms with Crippen molar-refractivity contribution in [2.24, 2.45) is 5.73 Å². The summed E-state index contributed by atoms with van der Waals surface area (Å²) in [5.74, 6) is 0. The number of hydrogen-bond acceptors (Lipinski definition) is 2. The average Bonchev–Trinajstić information content (AvgIpc) is 2.34. The van der Waals surface area contributed by atoms with Crippen LogP contribution in [-0.2, 0) is 6.42 Å². The van der Waals surface area contributed by atoms with E-state index in [9.17, 15) is 0 Å². The van der Waals surface area contributed by atoms with Gasteiger partial charge in [0.1, 0.15) is 0 Å². The average molecular weight is 134 g/mol. The number of pyridine rings is 1. The fourth-order valence-electron chi connectivity index (χ4n) is 1.44. The van der Waals surface area contributed by atoms with Gasteiger partial charge in [-0.1, -0.05) is 6.07 Å². The molecule has 1 aromatic heterocycles. The standard InChI is InChI=1S/C8H10N2/c9-7-3-4-8-6(7)2-1-5-10-8/h1-2,5,7H,3-4,9H2/t7-/m0/s1. The first-order valence-corrected chi connectivity index (χ1v) is 3.57. The highest BCUT2D eigenvalue weighted by Gasteiger charge is 2.18. The minimum atomic E-state index is 0.240. The Kier molecular flexibility index (Phi) is 1.21. The lowest BCUT2D eigenvalue weighted by atomic mass is 10.2. The van der Waals surface area contributed by atoms with Crippen molar-refractivity contribution >= 4 is 0 Å². The number of fused-ring (bicyclic) bond motifs is 1. The van der Waals surface area contributed by atoms with Gasteiger partial charge in [0.2, 0.25) is 0 Å². The molecule has 52 valence electrons. The SMILES string of the molecule is N[C@H]1CCc2ncccc21. The predicted octanol–water partition coefficient (Wildman–Crippen LogP) is 1.03. The molecule has 2 heteroatoms. The maximum Gasteiger partial charge on any atom is 0.0451 e. The van der Waals surface area contributed by atoms with E-state index in [0.29, 0.717) is 0 Å². The number of hydrogen-bond donors (Lipinski definition) is 1. The summed E-state index contributed by atoms with van der Waals surface area (Å²) >= 11 is 0. The van der Waals surface area contributed by atoms with E-state index in [1.165, 1.54) is 11.3 Å². The van der Waals surface area contributed by atoms with Crippen molar-refractivity contribution in [3.63, 3.8) is 0 Å². The third kappa shape index (κ3) is 0.727. The van der Waals surface area contributed by atoms with Crippen LogP contribution in [0.1, 0.15) is 23.7 Å². The van der Waals surface area contributed by atoms with Crippen LogP contribution in [0, 0.1) is 0 Å². The van der Waals surface area contributed by atoms with Crippen molar-refractivity contribution in [1.29, 1.82) is 0 Å². The summed E-state index contributed by atoms with van der Waals surface area (Å²) in [6.45, 7) is 0. The maximum atomic E-state index is 5.81. The van der Waals surface area contributed by atoms with E-state index in [0.717, 1.165) is 12.8 Å². The lowest BCUT2D eigenvalue weighted by molar-refractivity contribution is 0.712. The van der Waals surface area contributed by atoms with Gasteiger partial charge in [-0.05, 0) is 24.5 Å². The molecule has 10 heavy (non-hydrogen) atoms. The Morgan fingerprint density at radius 1 is 1.60 bits per heavy atom. The maximum absolute atomic E-state index is 5.81. The predicted molar refractivity (Wildman–Crippen MR) is 39.5 cm³/mol. The lowest BCUT2D eigenvalue weighted by Gasteiger charge is -2.00. The van der Waals surface area contributed by atoms with Gasteiger partial charge in [0.25, 0.3) is 0 Å². The molecule has 0 unspecified atom stereocenters. The van der Waals surface area contributed by atoms with Crippen LogP contribution in [0.25, 0.3) is 0 Å². The van der Waals surface area contributed by atoms with Crippen LogP contribution in [-0.4, -0.2) is 4.98 Å². The minimum absolute atomic E-state index is 0.240. The first kappa shape index (κ1) is 5.86. The smallest absolute Gasteiger partial charge is 0.0451 e. The Morgan fingerprint density at radius 2 is 2.50 bits per heavy atom. The van der Waals surface area contributed by atoms with E-state index in [1.807, 2.05) is 12.3 Å². The van der Waals surface area contributed by atoms with Crippen LogP contribution in [0.3, 0.4) is 0 Å². The Labute approximate surface area is 60.1 Å². The summed E-state index contributed by atoms with van der Waals surface area (Å²) in [7, 11) is 0. The van der Waals surface area contributed by atoms with E-state index in [2.05, 4.69) is 11.1 Å². The zero-order valence-corrected chi connectivity index (χ0v) is 5.75. The fourth-order valence-corrected chi connectivity index (χ4v) is 1.44. The van der Waals surface area contributed by atoms with Gasteiger partial charge in [-0.2, -0.15) is 0 Å². The normalized spacial score (nSPS) is 22.7. The molecule has 1 aromatic rings. The first-order chi connectivity index (χ1) is 4.88. The Bertz CT molecular complexity index is 245. The Morgan fingerprint density at radius 3 is 3.30 bits per heavy atom. The lowest BCUT2D eigenvalue weighted by Crippen LogP contribution is -2.04. The second-order valence-corrected chi connectivity index (χ2v) is 2.68. The molecule has 0 saturated carbocycles. The number of aromatic nitrogens is 1. The molecule has 2 rings (SSSR count). The molecule has 2 nitrogen and oxygen atoms in total. The van der Waals surface area contributed by atoms with Gasteiger partial charge in [-0.25, -0.2) is 0 Å². The summed E-state index contributed by atoms with van der Waals surface area (Å²) < 4.78 is 0. The molecule has 1 aliphatic carbocycles. The van der Waals surface area contributed by atoms with Gasteiger partial charge >= 0.3 is 0 Å². The second kappa shape index (κ2) is 2.06. The van der Waals surface area contributed by atoms with E-state index in [4.69, 9.17) is 5.73 Å². The van der Waals surface area contributed by atoms with Crippen molar-refractivity contribution in [2.75, 3.05) is 0 Å². The molecule has 2 N–H and O–H groups in total. The molecular formula is C8H10N2. The van der Waals surface area contributed by atoms with E-state index in [-0.39, 0.29) is 6.04 Å². The topological polar surface area (TPSA) is 38.9 Å². The number of nitrogens with two attached hydrogens (primary N) is 1. The van der Waals surface area contributed by atoms with Gasteiger partial charge in [0, 0.05) is 17.9 Å². The van der Waals surface area contributed by atoms with Crippen LogP contribution in [0.2, 0.25) is 0 Å². The van der Waals surface area contributed by atoms with Gasteiger partial charge in [-0.3, -0.25) is 4.98 Å². The Balaban J connectivity index is 2.51. The summed E-state index contributed by atoms with van der Waals surface area (Å²) in [4.78, 5) is 4.23. The van der Waals surface area contributed by atoms with Crippen molar-refractivity contribution in [3.05, 3.63) is 29.6 Å². The van der Waals surface area contributed by atoms with Crippen LogP contribution in [0.5, 0.6) is 0 Å². The molecule has 0 radical (unpaired) electrons. The zero-order valence-electron chi connectivity index (χ0n) is 5.75. The van der Waals surface area contributed by atoms with Crippen molar-refractivity contribution < 1.29 is 0 Å². The number of aryl methyl sites for hydroxylation is 1. The van der Waals surface area contributed by atoms with Crippen LogP contribution < -0.4 is 5.73 Å². The van der Waals surface area contributed by atoms with Gasteiger partial charge in [0.15, 0.2) is 0 Å². The largest absolute Gasteiger partial charge is 0.324 e. The van der Waals surface area contributed by atoms with Gasteiger partial charge in [-0.15, -0.1) is 0 Å². The van der Waals surface area contributed by atoms with E-state index >= 15 is 0 Å². The molecule has 0 bridgehead atoms. The monoisotopic (exact) mass is 134 g/mol. The van der Waals surface area contributed by atoms with Crippen molar-refractivity contribution in [1.82, 2.24) is 4.98 Å². The first-order valence-electron chi connectivity index (χ1n) is 3.57. The number of rotatable bonds is 0. The fraction of sp³-hybridized carbons (Fsp3) is 0.375. The van der Waals surface area contributed by atoms with Crippen LogP contribution in [0.4, 0.5) is 0 Å². The summed E-state index contributed by atoms with van der Waals surface area (Å²) in [6, 6.07) is 4.26.